The summed E-state index contributed by atoms with van der Waals surface area (Å²) in [6, 6.07) is 9.17. The minimum absolute atomic E-state index is 0.434. The van der Waals surface area contributed by atoms with Crippen LogP contribution in [-0.4, -0.2) is 13.1 Å². The van der Waals surface area contributed by atoms with E-state index in [2.05, 4.69) is 4.74 Å². The number of carbonyl (C=O) groups excluding carboxylic acids is 1. The summed E-state index contributed by atoms with van der Waals surface area (Å²) in [5.41, 5.74) is 0. The highest BCUT2D eigenvalue weighted by atomic mass is 16.5. The standard InChI is InChI=1S/C10H10O3/c1-12-10(11)7-8-13-9-5-3-2-4-6-9/h2-8H,1H3. The van der Waals surface area contributed by atoms with Crippen LogP contribution in [0.5, 0.6) is 5.75 Å². The van der Waals surface area contributed by atoms with E-state index in [0.717, 1.165) is 0 Å². The predicted octanol–water partition coefficient (Wildman–Crippen LogP) is 1.75. The molecule has 13 heavy (non-hydrogen) atoms. The van der Waals surface area contributed by atoms with E-state index < -0.39 is 5.97 Å². The lowest BCUT2D eigenvalue weighted by atomic mass is 10.3. The topological polar surface area (TPSA) is 35.5 Å². The van der Waals surface area contributed by atoms with Crippen molar-refractivity contribution in [2.45, 2.75) is 0 Å². The van der Waals surface area contributed by atoms with Gasteiger partial charge in [0.25, 0.3) is 0 Å². The molecule has 0 N–H and O–H groups in total. The van der Waals surface area contributed by atoms with Crippen molar-refractivity contribution in [2.75, 3.05) is 7.11 Å². The molecule has 0 saturated heterocycles. The van der Waals surface area contributed by atoms with Crippen LogP contribution in [0.25, 0.3) is 0 Å². The maximum Gasteiger partial charge on any atom is 0.333 e. The summed E-state index contributed by atoms with van der Waals surface area (Å²) >= 11 is 0. The van der Waals surface area contributed by atoms with Gasteiger partial charge < -0.3 is 9.47 Å². The molecule has 0 aliphatic heterocycles. The molecule has 1 aromatic carbocycles. The molecule has 3 nitrogen and oxygen atoms in total. The summed E-state index contributed by atoms with van der Waals surface area (Å²) in [4.78, 5) is 10.6. The SMILES string of the molecule is COC(=O)C=COc1ccccc1. The Balaban J connectivity index is 2.44. The van der Waals surface area contributed by atoms with Crippen molar-refractivity contribution in [3.05, 3.63) is 42.7 Å². The van der Waals surface area contributed by atoms with Gasteiger partial charge in [0.1, 0.15) is 5.75 Å². The molecule has 0 amide bonds. The highest BCUT2D eigenvalue weighted by Gasteiger charge is 1.90. The van der Waals surface area contributed by atoms with E-state index in [1.165, 1.54) is 19.4 Å². The van der Waals surface area contributed by atoms with Gasteiger partial charge in [-0.2, -0.15) is 0 Å². The van der Waals surface area contributed by atoms with Gasteiger partial charge in [0, 0.05) is 0 Å². The fourth-order valence-corrected chi connectivity index (χ4v) is 0.735. The minimum Gasteiger partial charge on any atom is -0.466 e. The van der Waals surface area contributed by atoms with E-state index in [1.54, 1.807) is 12.1 Å². The average molecular weight is 178 g/mol. The molecule has 68 valence electrons. The van der Waals surface area contributed by atoms with Crippen molar-refractivity contribution in [2.24, 2.45) is 0 Å². The van der Waals surface area contributed by atoms with Crippen LogP contribution in [0.3, 0.4) is 0 Å². The Kier molecular flexibility index (Phi) is 3.57. The minimum atomic E-state index is -0.434. The molecule has 3 heteroatoms. The fourth-order valence-electron chi connectivity index (χ4n) is 0.735. The molecule has 0 aliphatic carbocycles. The summed E-state index contributed by atoms with van der Waals surface area (Å²) in [5, 5.41) is 0. The van der Waals surface area contributed by atoms with Crippen molar-refractivity contribution in [3.8, 4) is 5.75 Å². The number of carbonyl (C=O) groups is 1. The van der Waals surface area contributed by atoms with Crippen molar-refractivity contribution < 1.29 is 14.3 Å². The fraction of sp³-hybridized carbons (Fsp3) is 0.100. The number of benzene rings is 1. The molecule has 1 aromatic rings. The smallest absolute Gasteiger partial charge is 0.333 e. The third-order valence-electron chi connectivity index (χ3n) is 1.35. The van der Waals surface area contributed by atoms with E-state index in [4.69, 9.17) is 4.74 Å². The number of esters is 1. The van der Waals surface area contributed by atoms with Crippen LogP contribution in [0, 0.1) is 0 Å². The monoisotopic (exact) mass is 178 g/mol. The van der Waals surface area contributed by atoms with Crippen LogP contribution in [0.2, 0.25) is 0 Å². The Morgan fingerprint density at radius 3 is 2.62 bits per heavy atom. The first-order valence-corrected chi connectivity index (χ1v) is 3.79. The number of para-hydroxylation sites is 1. The van der Waals surface area contributed by atoms with Crippen LogP contribution < -0.4 is 4.74 Å². The first kappa shape index (κ1) is 9.32. The lowest BCUT2D eigenvalue weighted by Gasteiger charge is -1.97. The van der Waals surface area contributed by atoms with E-state index in [0.29, 0.717) is 5.75 Å². The zero-order valence-corrected chi connectivity index (χ0v) is 7.27. The molecule has 0 aliphatic rings. The molecule has 0 spiro atoms. The van der Waals surface area contributed by atoms with Crippen molar-refractivity contribution in [1.29, 1.82) is 0 Å². The second kappa shape index (κ2) is 4.98. The van der Waals surface area contributed by atoms with Gasteiger partial charge >= 0.3 is 5.97 Å². The van der Waals surface area contributed by atoms with Gasteiger partial charge in [0.15, 0.2) is 0 Å². The van der Waals surface area contributed by atoms with Crippen LogP contribution in [-0.2, 0) is 9.53 Å². The quantitative estimate of drug-likeness (QED) is 0.402. The molecule has 1 rings (SSSR count). The maximum absolute atomic E-state index is 10.6. The molecule has 0 radical (unpaired) electrons. The Bertz CT molecular complexity index is 290. The van der Waals surface area contributed by atoms with Crippen LogP contribution in [0.1, 0.15) is 0 Å². The van der Waals surface area contributed by atoms with Gasteiger partial charge in [0.05, 0.1) is 19.4 Å². The summed E-state index contributed by atoms with van der Waals surface area (Å²) in [7, 11) is 1.31. The van der Waals surface area contributed by atoms with Gasteiger partial charge in [-0.05, 0) is 12.1 Å². The van der Waals surface area contributed by atoms with Gasteiger partial charge in [0.2, 0.25) is 0 Å². The van der Waals surface area contributed by atoms with E-state index in [9.17, 15) is 4.79 Å². The summed E-state index contributed by atoms with van der Waals surface area (Å²) in [5.74, 6) is 0.249. The van der Waals surface area contributed by atoms with Gasteiger partial charge in [-0.15, -0.1) is 0 Å². The van der Waals surface area contributed by atoms with E-state index in [-0.39, 0.29) is 0 Å². The largest absolute Gasteiger partial charge is 0.466 e. The second-order valence-corrected chi connectivity index (χ2v) is 2.26. The molecule has 0 atom stereocenters. The first-order valence-electron chi connectivity index (χ1n) is 3.79. The van der Waals surface area contributed by atoms with Crippen molar-refractivity contribution in [1.82, 2.24) is 0 Å². The Hall–Kier alpha value is -1.77. The van der Waals surface area contributed by atoms with Crippen LogP contribution in [0.15, 0.2) is 42.7 Å². The second-order valence-electron chi connectivity index (χ2n) is 2.26. The number of ether oxygens (including phenoxy) is 2. The molecule has 0 heterocycles. The third-order valence-corrected chi connectivity index (χ3v) is 1.35. The highest BCUT2D eigenvalue weighted by Crippen LogP contribution is 2.07. The zero-order chi connectivity index (χ0) is 9.52. The molecule has 0 unspecified atom stereocenters. The van der Waals surface area contributed by atoms with E-state index >= 15 is 0 Å². The van der Waals surface area contributed by atoms with Gasteiger partial charge in [-0.3, -0.25) is 0 Å². The summed E-state index contributed by atoms with van der Waals surface area (Å²) in [6.07, 6.45) is 2.51. The van der Waals surface area contributed by atoms with E-state index in [1.807, 2.05) is 18.2 Å². The molecule has 0 fully saturated rings. The predicted molar refractivity (Wildman–Crippen MR) is 48.2 cm³/mol. The third kappa shape index (κ3) is 3.42. The molecule has 0 bridgehead atoms. The number of hydrogen-bond acceptors (Lipinski definition) is 3. The van der Waals surface area contributed by atoms with Gasteiger partial charge in [-0.25, -0.2) is 4.79 Å². The lowest BCUT2D eigenvalue weighted by molar-refractivity contribution is -0.134. The lowest BCUT2D eigenvalue weighted by Crippen LogP contribution is -1.94. The Labute approximate surface area is 76.6 Å². The van der Waals surface area contributed by atoms with Gasteiger partial charge in [-0.1, -0.05) is 18.2 Å². The Morgan fingerprint density at radius 1 is 1.31 bits per heavy atom. The normalized spacial score (nSPS) is 9.92. The summed E-state index contributed by atoms with van der Waals surface area (Å²) in [6.45, 7) is 0. The zero-order valence-electron chi connectivity index (χ0n) is 7.27. The number of rotatable bonds is 3. The van der Waals surface area contributed by atoms with Crippen molar-refractivity contribution in [3.63, 3.8) is 0 Å². The van der Waals surface area contributed by atoms with Crippen molar-refractivity contribution >= 4 is 5.97 Å². The first-order chi connectivity index (χ1) is 6.33. The molecule has 0 aromatic heterocycles. The molecular formula is C10H10O3. The summed E-state index contributed by atoms with van der Waals surface area (Å²) < 4.78 is 9.48. The average Bonchev–Trinajstić information content (AvgIpc) is 2.19. The van der Waals surface area contributed by atoms with Crippen LogP contribution in [0.4, 0.5) is 0 Å². The highest BCUT2D eigenvalue weighted by molar-refractivity contribution is 5.81. The van der Waals surface area contributed by atoms with Crippen LogP contribution >= 0.6 is 0 Å². The number of hydrogen-bond donors (Lipinski definition) is 0. The molecular weight excluding hydrogens is 168 g/mol. The maximum atomic E-state index is 10.6. The number of methoxy groups -OCH3 is 1. The molecule has 0 saturated carbocycles. The Morgan fingerprint density at radius 2 is 2.00 bits per heavy atom.